The first-order valence-electron chi connectivity index (χ1n) is 11.5. The molecule has 0 atom stereocenters. The number of anilines is 1. The number of hydrogen-bond donors (Lipinski definition) is 3. The molecule has 0 saturated heterocycles. The fourth-order valence-corrected chi connectivity index (χ4v) is 3.91. The smallest absolute Gasteiger partial charge is 0.336 e. The zero-order chi connectivity index (χ0) is 27.9. The lowest BCUT2D eigenvalue weighted by atomic mass is 10.1. The number of aromatic nitrogens is 2. The Bertz CT molecular complexity index is 1490. The SMILES string of the molecule is COCCN(C)c1cc(C(=O)O)c2cnn(-c3ccc(F)cc3)c2c1.Cc1ccc(CNS(N)(=O)=O)cc1. The molecule has 1 heterocycles. The number of aryl methyl sites for hydroxylation is 1. The zero-order valence-corrected chi connectivity index (χ0v) is 22.1. The van der Waals surface area contributed by atoms with E-state index in [2.05, 4.69) is 9.82 Å². The van der Waals surface area contributed by atoms with Crippen molar-refractivity contribution in [3.63, 3.8) is 0 Å². The van der Waals surface area contributed by atoms with Gasteiger partial charge in [0.15, 0.2) is 0 Å². The molecule has 3 aromatic carbocycles. The molecule has 0 saturated carbocycles. The van der Waals surface area contributed by atoms with Crippen LogP contribution >= 0.6 is 0 Å². The highest BCUT2D eigenvalue weighted by Crippen LogP contribution is 2.28. The van der Waals surface area contributed by atoms with E-state index >= 15 is 0 Å². The number of ether oxygens (including phenoxy) is 1. The number of methoxy groups -OCH3 is 1. The van der Waals surface area contributed by atoms with Crippen molar-refractivity contribution < 1.29 is 27.4 Å². The third-order valence-electron chi connectivity index (χ3n) is 5.64. The molecule has 202 valence electrons. The second-order valence-electron chi connectivity index (χ2n) is 8.53. The van der Waals surface area contributed by atoms with Gasteiger partial charge in [0, 0.05) is 38.3 Å². The van der Waals surface area contributed by atoms with Crippen LogP contribution in [0.1, 0.15) is 21.5 Å². The minimum absolute atomic E-state index is 0.171. The monoisotopic (exact) mass is 543 g/mol. The molecule has 4 N–H and O–H groups in total. The topological polar surface area (TPSA) is 140 Å². The first-order chi connectivity index (χ1) is 18.0. The summed E-state index contributed by atoms with van der Waals surface area (Å²) in [5, 5.41) is 19.1. The molecule has 0 aliphatic heterocycles. The van der Waals surface area contributed by atoms with Gasteiger partial charge < -0.3 is 14.7 Å². The molecule has 4 aromatic rings. The van der Waals surface area contributed by atoms with Crippen LogP contribution in [0.3, 0.4) is 0 Å². The largest absolute Gasteiger partial charge is 0.478 e. The summed E-state index contributed by atoms with van der Waals surface area (Å²) < 4.78 is 43.1. The van der Waals surface area contributed by atoms with Gasteiger partial charge in [-0.2, -0.15) is 18.2 Å². The van der Waals surface area contributed by atoms with Gasteiger partial charge in [-0.25, -0.2) is 19.0 Å². The summed E-state index contributed by atoms with van der Waals surface area (Å²) in [5.41, 5.74) is 4.24. The van der Waals surface area contributed by atoms with Crippen molar-refractivity contribution in [1.82, 2.24) is 14.5 Å². The molecule has 1 aromatic heterocycles. The molecular weight excluding hydrogens is 513 g/mol. The maximum absolute atomic E-state index is 13.2. The van der Waals surface area contributed by atoms with Crippen LogP contribution in [0.15, 0.2) is 66.9 Å². The number of halogens is 1. The van der Waals surface area contributed by atoms with Crippen LogP contribution in [-0.4, -0.2) is 56.6 Å². The van der Waals surface area contributed by atoms with Gasteiger partial charge in [-0.1, -0.05) is 29.8 Å². The van der Waals surface area contributed by atoms with E-state index in [1.807, 2.05) is 49.2 Å². The Balaban J connectivity index is 0.000000260. The molecule has 0 bridgehead atoms. The highest BCUT2D eigenvalue weighted by molar-refractivity contribution is 7.87. The minimum Gasteiger partial charge on any atom is -0.478 e. The first-order valence-corrected chi connectivity index (χ1v) is 13.1. The zero-order valence-electron chi connectivity index (χ0n) is 21.3. The lowest BCUT2D eigenvalue weighted by molar-refractivity contribution is 0.0699. The van der Waals surface area contributed by atoms with Crippen LogP contribution in [0.25, 0.3) is 16.6 Å². The second kappa shape index (κ2) is 12.6. The number of carboxylic acids is 1. The summed E-state index contributed by atoms with van der Waals surface area (Å²) in [6.45, 7) is 3.34. The lowest BCUT2D eigenvalue weighted by Gasteiger charge is -2.20. The number of aromatic carboxylic acids is 1. The van der Waals surface area contributed by atoms with Crippen molar-refractivity contribution >= 4 is 32.8 Å². The molecule has 10 nitrogen and oxygen atoms in total. The summed E-state index contributed by atoms with van der Waals surface area (Å²) in [6, 6.07) is 16.9. The van der Waals surface area contributed by atoms with Gasteiger partial charge in [0.05, 0.1) is 29.6 Å². The minimum atomic E-state index is -3.58. The molecule has 12 heteroatoms. The van der Waals surface area contributed by atoms with Crippen LogP contribution in [0.2, 0.25) is 0 Å². The summed E-state index contributed by atoms with van der Waals surface area (Å²) >= 11 is 0. The molecule has 38 heavy (non-hydrogen) atoms. The molecule has 4 rings (SSSR count). The molecule has 0 aliphatic rings. The van der Waals surface area contributed by atoms with Crippen molar-refractivity contribution in [3.8, 4) is 5.69 Å². The van der Waals surface area contributed by atoms with E-state index in [9.17, 15) is 22.7 Å². The number of hydrogen-bond acceptors (Lipinski definition) is 6. The third-order valence-corrected chi connectivity index (χ3v) is 6.19. The number of nitrogens with one attached hydrogen (secondary N) is 1. The normalized spacial score (nSPS) is 11.2. The Morgan fingerprint density at radius 3 is 2.39 bits per heavy atom. The fraction of sp³-hybridized carbons (Fsp3) is 0.231. The average molecular weight is 544 g/mol. The highest BCUT2D eigenvalue weighted by atomic mass is 32.2. The van der Waals surface area contributed by atoms with E-state index in [0.717, 1.165) is 16.8 Å². The molecule has 0 radical (unpaired) electrons. The maximum atomic E-state index is 13.2. The Morgan fingerprint density at radius 1 is 1.16 bits per heavy atom. The Kier molecular flexibility index (Phi) is 9.53. The van der Waals surface area contributed by atoms with Gasteiger partial charge in [-0.05, 0) is 48.9 Å². The number of nitrogens with zero attached hydrogens (tertiary/aromatic N) is 3. The van der Waals surface area contributed by atoms with Crippen LogP contribution in [0.5, 0.6) is 0 Å². The molecule has 0 spiro atoms. The van der Waals surface area contributed by atoms with Crippen LogP contribution < -0.4 is 14.8 Å². The summed E-state index contributed by atoms with van der Waals surface area (Å²) in [4.78, 5) is 13.6. The van der Waals surface area contributed by atoms with Gasteiger partial charge in [-0.15, -0.1) is 0 Å². The predicted octanol–water partition coefficient (Wildman–Crippen LogP) is 3.23. The van der Waals surface area contributed by atoms with E-state index in [-0.39, 0.29) is 17.9 Å². The van der Waals surface area contributed by atoms with Gasteiger partial charge in [0.2, 0.25) is 0 Å². The van der Waals surface area contributed by atoms with Gasteiger partial charge >= 0.3 is 5.97 Å². The van der Waals surface area contributed by atoms with Gasteiger partial charge in [0.1, 0.15) is 5.82 Å². The molecule has 0 aliphatic carbocycles. The van der Waals surface area contributed by atoms with Crippen molar-refractivity contribution in [1.29, 1.82) is 0 Å². The number of carboxylic acid groups (broad SMARTS) is 1. The molecular formula is C26H30FN5O5S. The van der Waals surface area contributed by atoms with Crippen molar-refractivity contribution in [3.05, 3.63) is 89.4 Å². The predicted molar refractivity (Wildman–Crippen MR) is 144 cm³/mol. The van der Waals surface area contributed by atoms with Crippen LogP contribution in [-0.2, 0) is 21.5 Å². The van der Waals surface area contributed by atoms with Crippen LogP contribution in [0, 0.1) is 12.7 Å². The van der Waals surface area contributed by atoms with Crippen molar-refractivity contribution in [2.24, 2.45) is 5.14 Å². The number of fused-ring (bicyclic) bond motifs is 1. The fourth-order valence-electron chi connectivity index (χ4n) is 3.54. The van der Waals surface area contributed by atoms with E-state index in [1.54, 1.807) is 30.0 Å². The van der Waals surface area contributed by atoms with E-state index in [4.69, 9.17) is 9.88 Å². The Hall–Kier alpha value is -3.84. The standard InChI is InChI=1S/C18H18FN3O3.C8H12N2O2S/c1-21(7-8-25-2)14-9-15(18(23)24)16-11-20-22(17(16)10-14)13-5-3-12(19)4-6-13;1-7-2-4-8(5-3-7)6-10-13(9,11)12/h3-6,9-11H,7-8H2,1-2H3,(H,23,24);2-5,10H,6H2,1H3,(H2,9,11,12). The second-order valence-corrected chi connectivity index (χ2v) is 9.91. The molecule has 0 amide bonds. The Morgan fingerprint density at radius 2 is 1.82 bits per heavy atom. The first kappa shape index (κ1) is 28.7. The van der Waals surface area contributed by atoms with Crippen molar-refractivity contribution in [2.75, 3.05) is 32.2 Å². The lowest BCUT2D eigenvalue weighted by Crippen LogP contribution is -2.30. The number of likely N-dealkylation sites (N-methyl/N-ethyl adjacent to an activating group) is 1. The quantitative estimate of drug-likeness (QED) is 0.294. The highest BCUT2D eigenvalue weighted by Gasteiger charge is 2.17. The van der Waals surface area contributed by atoms with Crippen molar-refractivity contribution in [2.45, 2.75) is 13.5 Å². The van der Waals surface area contributed by atoms with E-state index in [1.165, 1.54) is 18.3 Å². The number of rotatable bonds is 9. The Labute approximate surface area is 220 Å². The molecule has 0 unspecified atom stereocenters. The molecule has 0 fully saturated rings. The number of carbonyl (C=O) groups is 1. The summed E-state index contributed by atoms with van der Waals surface area (Å²) in [7, 11) is -0.103. The maximum Gasteiger partial charge on any atom is 0.336 e. The van der Waals surface area contributed by atoms with Crippen LogP contribution in [0.4, 0.5) is 10.1 Å². The van der Waals surface area contributed by atoms with E-state index < -0.39 is 16.2 Å². The van der Waals surface area contributed by atoms with Gasteiger partial charge in [0.25, 0.3) is 10.2 Å². The number of nitrogens with two attached hydrogens (primary N) is 1. The third kappa shape index (κ3) is 7.83. The van der Waals surface area contributed by atoms with Gasteiger partial charge in [-0.3, -0.25) is 0 Å². The summed E-state index contributed by atoms with van der Waals surface area (Å²) in [5.74, 6) is -1.36. The average Bonchev–Trinajstić information content (AvgIpc) is 3.30. The summed E-state index contributed by atoms with van der Waals surface area (Å²) in [6.07, 6.45) is 1.51. The number of benzene rings is 3. The van der Waals surface area contributed by atoms with E-state index in [0.29, 0.717) is 29.7 Å².